The van der Waals surface area contributed by atoms with Gasteiger partial charge in [0.15, 0.2) is 17.2 Å². The minimum Gasteiger partial charge on any atom is -0.317 e. The summed E-state index contributed by atoms with van der Waals surface area (Å²) in [5.74, 6) is -0.0686. The Morgan fingerprint density at radius 1 is 1.09 bits per heavy atom. The van der Waals surface area contributed by atoms with Crippen molar-refractivity contribution in [2.45, 2.75) is 19.8 Å². The van der Waals surface area contributed by atoms with Gasteiger partial charge in [-0.15, -0.1) is 15.3 Å². The number of aromatic nitrogens is 5. The normalized spacial score (nSPS) is 15.4. The Morgan fingerprint density at radius 3 is 2.72 bits per heavy atom. The molecule has 1 amide bonds. The standard InChI is InChI=1S/C22H19N7O3/c1-13-9-17-15(18(30)10-13)11-16(24-21(31)14-5-3-2-4-6-14)22(32)29(17)27-19-7-8-20-25-23-12-28(20)26-19/h2-8,11-13H,9-10H2,1H3,(H,24,31)(H,26,27). The topological polar surface area (TPSA) is 123 Å². The molecule has 2 N–H and O–H groups in total. The third-order valence-corrected chi connectivity index (χ3v) is 5.35. The minimum atomic E-state index is -0.486. The number of fused-ring (bicyclic) bond motifs is 2. The monoisotopic (exact) mass is 429 g/mol. The van der Waals surface area contributed by atoms with Crippen LogP contribution in [0.1, 0.15) is 39.8 Å². The molecule has 160 valence electrons. The van der Waals surface area contributed by atoms with Crippen molar-refractivity contribution < 1.29 is 9.59 Å². The molecule has 1 atom stereocenters. The zero-order chi connectivity index (χ0) is 22.2. The molecule has 10 nitrogen and oxygen atoms in total. The SMILES string of the molecule is CC1CC(=O)c2cc(NC(=O)c3ccccc3)c(=O)n(Nc3ccc4nncn4n3)c2C1. The molecule has 1 unspecified atom stereocenters. The van der Waals surface area contributed by atoms with Crippen LogP contribution >= 0.6 is 0 Å². The summed E-state index contributed by atoms with van der Waals surface area (Å²) in [6.45, 7) is 1.96. The number of ketones is 1. The van der Waals surface area contributed by atoms with E-state index in [0.717, 1.165) is 0 Å². The summed E-state index contributed by atoms with van der Waals surface area (Å²) in [5, 5.41) is 14.7. The number of nitrogens with one attached hydrogen (secondary N) is 2. The smallest absolute Gasteiger partial charge is 0.293 e. The van der Waals surface area contributed by atoms with Crippen LogP contribution in [0.15, 0.2) is 59.7 Å². The van der Waals surface area contributed by atoms with Gasteiger partial charge < -0.3 is 5.32 Å². The second-order valence-electron chi connectivity index (χ2n) is 7.78. The van der Waals surface area contributed by atoms with Gasteiger partial charge in [0.1, 0.15) is 12.0 Å². The van der Waals surface area contributed by atoms with Crippen molar-refractivity contribution in [1.82, 2.24) is 24.5 Å². The molecular formula is C22H19N7O3. The Bertz CT molecular complexity index is 1410. The predicted octanol–water partition coefficient (Wildman–Crippen LogP) is 2.18. The van der Waals surface area contributed by atoms with Crippen molar-refractivity contribution in [2.75, 3.05) is 10.7 Å². The largest absolute Gasteiger partial charge is 0.317 e. The van der Waals surface area contributed by atoms with E-state index in [-0.39, 0.29) is 17.4 Å². The van der Waals surface area contributed by atoms with E-state index in [4.69, 9.17) is 0 Å². The summed E-state index contributed by atoms with van der Waals surface area (Å²) in [7, 11) is 0. The van der Waals surface area contributed by atoms with Crippen molar-refractivity contribution in [3.8, 4) is 0 Å². The lowest BCUT2D eigenvalue weighted by atomic mass is 9.87. The van der Waals surface area contributed by atoms with Crippen molar-refractivity contribution in [3.63, 3.8) is 0 Å². The summed E-state index contributed by atoms with van der Waals surface area (Å²) in [6.07, 6.45) is 2.36. The Hall–Kier alpha value is -4.34. The molecule has 32 heavy (non-hydrogen) atoms. The van der Waals surface area contributed by atoms with E-state index in [2.05, 4.69) is 26.0 Å². The van der Waals surface area contributed by atoms with Gasteiger partial charge in [-0.3, -0.25) is 19.8 Å². The van der Waals surface area contributed by atoms with Crippen LogP contribution < -0.4 is 16.3 Å². The number of pyridine rings is 1. The molecule has 5 rings (SSSR count). The third kappa shape index (κ3) is 3.51. The third-order valence-electron chi connectivity index (χ3n) is 5.35. The van der Waals surface area contributed by atoms with Gasteiger partial charge in [0, 0.05) is 17.5 Å². The molecule has 0 saturated heterocycles. The predicted molar refractivity (Wildman–Crippen MR) is 117 cm³/mol. The van der Waals surface area contributed by atoms with Crippen LogP contribution in [0.4, 0.5) is 11.5 Å². The number of benzene rings is 1. The Morgan fingerprint density at radius 2 is 1.91 bits per heavy atom. The van der Waals surface area contributed by atoms with Gasteiger partial charge in [0.2, 0.25) is 0 Å². The van der Waals surface area contributed by atoms with Gasteiger partial charge in [-0.1, -0.05) is 25.1 Å². The Kier molecular flexibility index (Phi) is 4.74. The number of Topliss-reactive ketones (excluding diaryl/α,β-unsaturated/α-hetero) is 1. The fraction of sp³-hybridized carbons (Fsp3) is 0.182. The number of nitrogens with zero attached hydrogens (tertiary/aromatic N) is 5. The maximum atomic E-state index is 13.4. The van der Waals surface area contributed by atoms with Crippen LogP contribution in [-0.2, 0) is 6.42 Å². The van der Waals surface area contributed by atoms with Gasteiger partial charge in [0.25, 0.3) is 11.5 Å². The first-order chi connectivity index (χ1) is 15.5. The van der Waals surface area contributed by atoms with Crippen LogP contribution in [0, 0.1) is 5.92 Å². The average molecular weight is 429 g/mol. The van der Waals surface area contributed by atoms with Crippen LogP contribution in [0.2, 0.25) is 0 Å². The molecule has 3 heterocycles. The van der Waals surface area contributed by atoms with Crippen molar-refractivity contribution in [1.29, 1.82) is 0 Å². The molecule has 3 aromatic heterocycles. The lowest BCUT2D eigenvalue weighted by Gasteiger charge is -2.25. The molecule has 10 heteroatoms. The van der Waals surface area contributed by atoms with Gasteiger partial charge in [0.05, 0.1) is 5.69 Å². The first kappa shape index (κ1) is 19.6. The Labute approximate surface area is 181 Å². The summed E-state index contributed by atoms with van der Waals surface area (Å²) < 4.78 is 2.76. The van der Waals surface area contributed by atoms with Gasteiger partial charge >= 0.3 is 0 Å². The molecule has 1 aromatic carbocycles. The average Bonchev–Trinajstić information content (AvgIpc) is 3.25. The molecule has 1 aliphatic rings. The second kappa shape index (κ2) is 7.73. The van der Waals surface area contributed by atoms with E-state index >= 15 is 0 Å². The summed E-state index contributed by atoms with van der Waals surface area (Å²) in [5.41, 5.74) is 4.44. The highest BCUT2D eigenvalue weighted by molar-refractivity contribution is 6.05. The molecule has 0 spiro atoms. The molecule has 4 aromatic rings. The molecule has 0 fully saturated rings. The zero-order valence-electron chi connectivity index (χ0n) is 17.1. The lowest BCUT2D eigenvalue weighted by Crippen LogP contribution is -2.37. The molecular weight excluding hydrogens is 410 g/mol. The maximum Gasteiger partial charge on any atom is 0.293 e. The fourth-order valence-electron chi connectivity index (χ4n) is 3.82. The van der Waals surface area contributed by atoms with Crippen LogP contribution in [0.3, 0.4) is 0 Å². The highest BCUT2D eigenvalue weighted by atomic mass is 16.2. The van der Waals surface area contributed by atoms with Crippen LogP contribution in [-0.4, -0.2) is 36.2 Å². The van der Waals surface area contributed by atoms with E-state index in [1.807, 2.05) is 6.92 Å². The number of carbonyl (C=O) groups is 2. The van der Waals surface area contributed by atoms with Gasteiger partial charge in [-0.05, 0) is 42.7 Å². The number of carbonyl (C=O) groups excluding carboxylic acids is 2. The number of hydrogen-bond donors (Lipinski definition) is 2. The van der Waals surface area contributed by atoms with Gasteiger partial charge in [-0.2, -0.15) is 4.52 Å². The molecule has 0 saturated carbocycles. The number of anilines is 2. The summed E-state index contributed by atoms with van der Waals surface area (Å²) in [4.78, 5) is 38.8. The quantitative estimate of drug-likeness (QED) is 0.510. The summed E-state index contributed by atoms with van der Waals surface area (Å²) >= 11 is 0. The van der Waals surface area contributed by atoms with Crippen LogP contribution in [0.5, 0.6) is 0 Å². The number of hydrogen-bond acceptors (Lipinski definition) is 7. The van der Waals surface area contributed by atoms with E-state index in [9.17, 15) is 14.4 Å². The van der Waals surface area contributed by atoms with Crippen LogP contribution in [0.25, 0.3) is 5.65 Å². The maximum absolute atomic E-state index is 13.4. The first-order valence-electron chi connectivity index (χ1n) is 10.1. The first-order valence-corrected chi connectivity index (χ1v) is 10.1. The van der Waals surface area contributed by atoms with Gasteiger partial charge in [-0.25, -0.2) is 4.68 Å². The number of amides is 1. The fourth-order valence-corrected chi connectivity index (χ4v) is 3.82. The van der Waals surface area contributed by atoms with E-state index < -0.39 is 11.5 Å². The number of rotatable bonds is 4. The molecule has 1 aliphatic carbocycles. The highest BCUT2D eigenvalue weighted by Gasteiger charge is 2.28. The summed E-state index contributed by atoms with van der Waals surface area (Å²) in [6, 6.07) is 13.4. The highest BCUT2D eigenvalue weighted by Crippen LogP contribution is 2.26. The molecule has 0 bridgehead atoms. The van der Waals surface area contributed by atoms with E-state index in [1.54, 1.807) is 42.5 Å². The zero-order valence-corrected chi connectivity index (χ0v) is 17.1. The Balaban J connectivity index is 1.59. The van der Waals surface area contributed by atoms with E-state index in [0.29, 0.717) is 41.1 Å². The molecule has 0 aliphatic heterocycles. The van der Waals surface area contributed by atoms with Crippen molar-refractivity contribution in [3.05, 3.63) is 82.0 Å². The molecule has 0 radical (unpaired) electrons. The van der Waals surface area contributed by atoms with Crippen molar-refractivity contribution in [2.24, 2.45) is 5.92 Å². The minimum absolute atomic E-state index is 0.0124. The second-order valence-corrected chi connectivity index (χ2v) is 7.78. The van der Waals surface area contributed by atoms with E-state index in [1.165, 1.54) is 21.6 Å². The lowest BCUT2D eigenvalue weighted by molar-refractivity contribution is 0.0949. The van der Waals surface area contributed by atoms with Crippen molar-refractivity contribution >= 4 is 28.8 Å².